The first-order chi connectivity index (χ1) is 12.0. The molecule has 1 fully saturated rings. The number of carbonyl (C=O) groups is 1. The Morgan fingerprint density at radius 1 is 1.40 bits per heavy atom. The molecule has 4 rings (SSSR count). The van der Waals surface area contributed by atoms with Gasteiger partial charge in [0.1, 0.15) is 11.4 Å². The highest BCUT2D eigenvalue weighted by Crippen LogP contribution is 2.35. The Kier molecular flexibility index (Phi) is 4.37. The molecule has 0 aromatic carbocycles. The number of nitrogens with zero attached hydrogens (tertiary/aromatic N) is 3. The van der Waals surface area contributed by atoms with Crippen LogP contribution in [0.4, 0.5) is 0 Å². The van der Waals surface area contributed by atoms with Gasteiger partial charge in [-0.15, -0.1) is 11.3 Å². The summed E-state index contributed by atoms with van der Waals surface area (Å²) >= 11 is 1.65. The second-order valence-electron chi connectivity index (χ2n) is 7.55. The summed E-state index contributed by atoms with van der Waals surface area (Å²) in [5, 5.41) is 0.755. The summed E-state index contributed by atoms with van der Waals surface area (Å²) in [5.41, 5.74) is 1.13. The average Bonchev–Trinajstić information content (AvgIpc) is 2.96. The van der Waals surface area contributed by atoms with Gasteiger partial charge in [-0.3, -0.25) is 14.2 Å². The number of nitrogens with one attached hydrogen (secondary N) is 1. The van der Waals surface area contributed by atoms with Gasteiger partial charge in [-0.1, -0.05) is 6.92 Å². The molecular formula is C18H25N4O2S+. The number of quaternary nitrogens is 1. The number of carbonyl (C=O) groups excluding carboxylic acids is 1. The van der Waals surface area contributed by atoms with Gasteiger partial charge in [0.25, 0.3) is 5.56 Å². The third-order valence-corrected chi connectivity index (χ3v) is 6.72. The molecule has 0 spiro atoms. The summed E-state index contributed by atoms with van der Waals surface area (Å²) < 4.78 is 1.50. The van der Waals surface area contributed by atoms with Crippen LogP contribution in [0.5, 0.6) is 0 Å². The maximum absolute atomic E-state index is 13.0. The van der Waals surface area contributed by atoms with E-state index in [1.165, 1.54) is 19.9 Å². The molecule has 1 aliphatic carbocycles. The van der Waals surface area contributed by atoms with Crippen LogP contribution in [0.3, 0.4) is 0 Å². The molecule has 3 heterocycles. The van der Waals surface area contributed by atoms with E-state index in [0.29, 0.717) is 5.92 Å². The number of hydrogen-bond donors (Lipinski definition) is 1. The molecule has 1 amide bonds. The molecule has 2 aromatic heterocycles. The zero-order valence-electron chi connectivity index (χ0n) is 14.9. The van der Waals surface area contributed by atoms with E-state index in [4.69, 9.17) is 0 Å². The number of amides is 1. The zero-order chi connectivity index (χ0) is 17.6. The minimum absolute atomic E-state index is 0.0217. The summed E-state index contributed by atoms with van der Waals surface area (Å²) in [7, 11) is 2.14. The molecule has 0 saturated carbocycles. The molecule has 2 aromatic rings. The van der Waals surface area contributed by atoms with Gasteiger partial charge in [0, 0.05) is 4.88 Å². The topological polar surface area (TPSA) is 59.6 Å². The lowest BCUT2D eigenvalue weighted by atomic mass is 9.89. The van der Waals surface area contributed by atoms with Crippen molar-refractivity contribution in [2.45, 2.75) is 32.7 Å². The Morgan fingerprint density at radius 2 is 2.16 bits per heavy atom. The number of piperazine rings is 1. The van der Waals surface area contributed by atoms with E-state index >= 15 is 0 Å². The summed E-state index contributed by atoms with van der Waals surface area (Å²) in [6.45, 7) is 5.82. The summed E-state index contributed by atoms with van der Waals surface area (Å²) in [6.07, 6.45) is 4.66. The van der Waals surface area contributed by atoms with Crippen LogP contribution in [0.1, 0.15) is 23.8 Å². The highest BCUT2D eigenvalue weighted by Gasteiger charge is 2.25. The van der Waals surface area contributed by atoms with Crippen LogP contribution >= 0.6 is 11.3 Å². The fraction of sp³-hybridized carbons (Fsp3) is 0.611. The molecule has 1 atom stereocenters. The summed E-state index contributed by atoms with van der Waals surface area (Å²) in [6, 6.07) is 0. The van der Waals surface area contributed by atoms with Gasteiger partial charge >= 0.3 is 0 Å². The summed E-state index contributed by atoms with van der Waals surface area (Å²) in [5.74, 6) is 0.692. The predicted molar refractivity (Wildman–Crippen MR) is 98.3 cm³/mol. The first-order valence-corrected chi connectivity index (χ1v) is 9.93. The molecule has 6 nitrogen and oxygen atoms in total. The smallest absolute Gasteiger partial charge is 0.262 e. The monoisotopic (exact) mass is 361 g/mol. The molecule has 1 saturated heterocycles. The molecule has 25 heavy (non-hydrogen) atoms. The van der Waals surface area contributed by atoms with Crippen molar-refractivity contribution in [3.63, 3.8) is 0 Å². The molecule has 1 N–H and O–H groups in total. The molecule has 7 heteroatoms. The number of hydrogen-bond acceptors (Lipinski definition) is 4. The van der Waals surface area contributed by atoms with Crippen LogP contribution in [0, 0.1) is 5.92 Å². The lowest BCUT2D eigenvalue weighted by Crippen LogP contribution is -3.12. The standard InChI is InChI=1S/C18H24N4O2S/c1-12-3-4-13-14(9-12)25-17-16(13)18(24)22(11-19-17)10-15(23)21-7-5-20(2)6-8-21/h11-12H,3-10H2,1-2H3/p+1/t12-/m1/s1. The van der Waals surface area contributed by atoms with Crippen molar-refractivity contribution in [1.82, 2.24) is 14.5 Å². The molecule has 2 aliphatic rings. The fourth-order valence-electron chi connectivity index (χ4n) is 3.86. The van der Waals surface area contributed by atoms with Crippen molar-refractivity contribution in [2.24, 2.45) is 5.92 Å². The Hall–Kier alpha value is -1.73. The number of likely N-dealkylation sites (N-methyl/N-ethyl adjacent to an activating group) is 1. The maximum Gasteiger partial charge on any atom is 0.262 e. The minimum atomic E-state index is -0.0508. The van der Waals surface area contributed by atoms with Crippen molar-refractivity contribution in [3.05, 3.63) is 27.1 Å². The van der Waals surface area contributed by atoms with E-state index in [1.54, 1.807) is 17.7 Å². The first-order valence-electron chi connectivity index (χ1n) is 9.11. The van der Waals surface area contributed by atoms with Crippen LogP contribution < -0.4 is 10.5 Å². The van der Waals surface area contributed by atoms with Crippen molar-refractivity contribution in [1.29, 1.82) is 0 Å². The van der Waals surface area contributed by atoms with E-state index in [1.807, 2.05) is 4.90 Å². The van der Waals surface area contributed by atoms with Gasteiger partial charge in [-0.25, -0.2) is 4.98 Å². The van der Waals surface area contributed by atoms with Gasteiger partial charge < -0.3 is 9.80 Å². The largest absolute Gasteiger partial charge is 0.334 e. The molecule has 0 bridgehead atoms. The highest BCUT2D eigenvalue weighted by atomic mass is 32.1. The fourth-order valence-corrected chi connectivity index (χ4v) is 5.20. The first kappa shape index (κ1) is 16.7. The molecular weight excluding hydrogens is 336 g/mol. The summed E-state index contributed by atoms with van der Waals surface area (Å²) in [4.78, 5) is 35.5. The third-order valence-electron chi connectivity index (χ3n) is 5.56. The Morgan fingerprint density at radius 3 is 2.92 bits per heavy atom. The number of aromatic nitrogens is 2. The second-order valence-corrected chi connectivity index (χ2v) is 8.63. The molecule has 134 valence electrons. The van der Waals surface area contributed by atoms with E-state index in [0.717, 1.165) is 55.7 Å². The second kappa shape index (κ2) is 6.53. The van der Waals surface area contributed by atoms with E-state index < -0.39 is 0 Å². The normalized spacial score (nSPS) is 21.5. The maximum atomic E-state index is 13.0. The number of thiophene rings is 1. The van der Waals surface area contributed by atoms with Crippen LogP contribution in [0.2, 0.25) is 0 Å². The number of fused-ring (bicyclic) bond motifs is 3. The molecule has 1 aliphatic heterocycles. The van der Waals surface area contributed by atoms with Crippen LogP contribution in [0.15, 0.2) is 11.1 Å². The Labute approximate surface area is 151 Å². The van der Waals surface area contributed by atoms with Gasteiger partial charge in [-0.05, 0) is 30.7 Å². The molecule has 0 radical (unpaired) electrons. The van der Waals surface area contributed by atoms with Crippen molar-refractivity contribution < 1.29 is 9.69 Å². The van der Waals surface area contributed by atoms with E-state index in [-0.39, 0.29) is 18.0 Å². The van der Waals surface area contributed by atoms with E-state index in [9.17, 15) is 9.59 Å². The lowest BCUT2D eigenvalue weighted by Gasteiger charge is -2.30. The lowest BCUT2D eigenvalue weighted by molar-refractivity contribution is -0.883. The van der Waals surface area contributed by atoms with Crippen molar-refractivity contribution in [3.8, 4) is 0 Å². The minimum Gasteiger partial charge on any atom is -0.334 e. The van der Waals surface area contributed by atoms with Gasteiger partial charge in [0.05, 0.1) is 44.9 Å². The van der Waals surface area contributed by atoms with Gasteiger partial charge in [-0.2, -0.15) is 0 Å². The van der Waals surface area contributed by atoms with Crippen molar-refractivity contribution >= 4 is 27.5 Å². The van der Waals surface area contributed by atoms with Crippen LogP contribution in [0.25, 0.3) is 10.2 Å². The predicted octanol–water partition coefficient (Wildman–Crippen LogP) is -0.0603. The van der Waals surface area contributed by atoms with Gasteiger partial charge in [0.2, 0.25) is 5.91 Å². The number of aryl methyl sites for hydroxylation is 1. The highest BCUT2D eigenvalue weighted by molar-refractivity contribution is 7.18. The quantitative estimate of drug-likeness (QED) is 0.815. The number of rotatable bonds is 2. The SMILES string of the molecule is C[C@@H]1CCc2c(sc3ncn(CC(=O)N4CC[NH+](C)CC4)c(=O)c23)C1. The Balaban J connectivity index is 1.61. The van der Waals surface area contributed by atoms with E-state index in [2.05, 4.69) is 19.0 Å². The zero-order valence-corrected chi connectivity index (χ0v) is 15.7. The van der Waals surface area contributed by atoms with Crippen molar-refractivity contribution in [2.75, 3.05) is 33.2 Å². The van der Waals surface area contributed by atoms with Crippen LogP contribution in [-0.2, 0) is 24.2 Å². The Bertz CT molecular complexity index is 864. The molecule has 0 unspecified atom stereocenters. The third kappa shape index (κ3) is 3.11. The average molecular weight is 361 g/mol. The van der Waals surface area contributed by atoms with Gasteiger partial charge in [0.15, 0.2) is 0 Å². The van der Waals surface area contributed by atoms with Crippen LogP contribution in [-0.4, -0.2) is 53.6 Å².